The number of anilines is 2. The molecule has 1 fully saturated rings. The van der Waals surface area contributed by atoms with E-state index in [1.807, 2.05) is 0 Å². The topological polar surface area (TPSA) is 58.4 Å². The number of halogens is 1. The lowest BCUT2D eigenvalue weighted by Gasteiger charge is -2.31. The van der Waals surface area contributed by atoms with E-state index in [1.165, 1.54) is 19.3 Å². The summed E-state index contributed by atoms with van der Waals surface area (Å²) in [5.41, 5.74) is 6.89. The molecule has 0 atom stereocenters. The van der Waals surface area contributed by atoms with Gasteiger partial charge in [0.25, 0.3) is 0 Å². The number of rotatable bonds is 6. The number of hydrogen-bond acceptors (Lipinski definition) is 3. The first-order chi connectivity index (χ1) is 9.58. The molecule has 5 heteroatoms. The molecule has 0 heterocycles. The van der Waals surface area contributed by atoms with Crippen LogP contribution in [0.25, 0.3) is 0 Å². The lowest BCUT2D eigenvalue weighted by Crippen LogP contribution is -2.38. The fourth-order valence-electron chi connectivity index (χ4n) is 2.37. The normalized spacial score (nSPS) is 15.2. The second-order valence-corrected chi connectivity index (χ2v) is 5.82. The van der Waals surface area contributed by atoms with Gasteiger partial charge in [0.05, 0.1) is 17.3 Å². The van der Waals surface area contributed by atoms with Crippen molar-refractivity contribution < 1.29 is 4.79 Å². The third kappa shape index (κ3) is 4.12. The Bertz CT molecular complexity index is 474. The van der Waals surface area contributed by atoms with Crippen molar-refractivity contribution in [3.8, 4) is 0 Å². The van der Waals surface area contributed by atoms with Crippen molar-refractivity contribution in [1.29, 1.82) is 0 Å². The maximum atomic E-state index is 12.0. The number of nitrogens with zero attached hydrogens (tertiary/aromatic N) is 1. The van der Waals surface area contributed by atoms with Gasteiger partial charge in [-0.25, -0.2) is 0 Å². The predicted molar refractivity (Wildman–Crippen MR) is 83.9 cm³/mol. The standard InChI is InChI=1S/C15H22ClN3O/c1-2-19(9-11-4-3-5-11)10-15(20)18-12-6-7-13(16)14(17)8-12/h6-8,11H,2-5,9-10,17H2,1H3,(H,18,20). The number of amides is 1. The van der Waals surface area contributed by atoms with Gasteiger partial charge in [0, 0.05) is 12.2 Å². The number of nitrogen functional groups attached to an aromatic ring is 1. The molecule has 0 unspecified atom stereocenters. The van der Waals surface area contributed by atoms with E-state index in [0.29, 0.717) is 22.9 Å². The number of benzene rings is 1. The molecule has 4 nitrogen and oxygen atoms in total. The van der Waals surface area contributed by atoms with Crippen molar-refractivity contribution in [2.75, 3.05) is 30.7 Å². The monoisotopic (exact) mass is 295 g/mol. The molecule has 20 heavy (non-hydrogen) atoms. The molecule has 0 saturated heterocycles. The van der Waals surface area contributed by atoms with Crippen LogP contribution >= 0.6 is 11.6 Å². The molecule has 0 aromatic heterocycles. The molecule has 1 amide bonds. The third-order valence-electron chi connectivity index (χ3n) is 3.84. The van der Waals surface area contributed by atoms with E-state index >= 15 is 0 Å². The zero-order valence-electron chi connectivity index (χ0n) is 11.9. The Morgan fingerprint density at radius 1 is 1.50 bits per heavy atom. The van der Waals surface area contributed by atoms with Crippen LogP contribution in [0.2, 0.25) is 5.02 Å². The van der Waals surface area contributed by atoms with Crippen LogP contribution < -0.4 is 11.1 Å². The number of nitrogens with one attached hydrogen (secondary N) is 1. The molecule has 3 N–H and O–H groups in total. The van der Waals surface area contributed by atoms with Gasteiger partial charge in [-0.1, -0.05) is 24.9 Å². The van der Waals surface area contributed by atoms with Crippen LogP contribution in [0.4, 0.5) is 11.4 Å². The van der Waals surface area contributed by atoms with Gasteiger partial charge < -0.3 is 11.1 Å². The second-order valence-electron chi connectivity index (χ2n) is 5.41. The predicted octanol–water partition coefficient (Wildman–Crippen LogP) is 2.98. The van der Waals surface area contributed by atoms with Gasteiger partial charge in [-0.05, 0) is 43.5 Å². The van der Waals surface area contributed by atoms with Crippen LogP contribution in [0.5, 0.6) is 0 Å². The summed E-state index contributed by atoms with van der Waals surface area (Å²) in [6, 6.07) is 5.14. The molecule has 2 rings (SSSR count). The number of nitrogens with two attached hydrogens (primary N) is 1. The number of carbonyl (C=O) groups is 1. The summed E-state index contributed by atoms with van der Waals surface area (Å²) in [5, 5.41) is 3.37. The third-order valence-corrected chi connectivity index (χ3v) is 4.18. The fourth-order valence-corrected chi connectivity index (χ4v) is 2.49. The van der Waals surface area contributed by atoms with E-state index in [-0.39, 0.29) is 5.91 Å². The summed E-state index contributed by atoms with van der Waals surface area (Å²) in [5.74, 6) is 0.766. The molecule has 1 aromatic rings. The molecule has 110 valence electrons. The average molecular weight is 296 g/mol. The average Bonchev–Trinajstić information content (AvgIpc) is 2.36. The molecule has 0 spiro atoms. The molecule has 1 aromatic carbocycles. The number of carbonyl (C=O) groups excluding carboxylic acids is 1. The Morgan fingerprint density at radius 2 is 2.25 bits per heavy atom. The molecule has 1 aliphatic carbocycles. The number of hydrogen-bond donors (Lipinski definition) is 2. The van der Waals surface area contributed by atoms with E-state index in [0.717, 1.165) is 19.0 Å². The molecule has 1 aliphatic rings. The van der Waals surface area contributed by atoms with Crippen LogP contribution in [-0.4, -0.2) is 30.4 Å². The second kappa shape index (κ2) is 6.95. The van der Waals surface area contributed by atoms with Crippen molar-refractivity contribution in [2.45, 2.75) is 26.2 Å². The van der Waals surface area contributed by atoms with Crippen LogP contribution in [0.1, 0.15) is 26.2 Å². The maximum Gasteiger partial charge on any atom is 0.238 e. The highest BCUT2D eigenvalue weighted by Crippen LogP contribution is 2.27. The minimum atomic E-state index is -0.00658. The van der Waals surface area contributed by atoms with E-state index < -0.39 is 0 Å². The van der Waals surface area contributed by atoms with Crippen molar-refractivity contribution in [3.05, 3.63) is 23.2 Å². The van der Waals surface area contributed by atoms with Crippen LogP contribution in [0, 0.1) is 5.92 Å². The van der Waals surface area contributed by atoms with E-state index in [2.05, 4.69) is 17.1 Å². The summed E-state index contributed by atoms with van der Waals surface area (Å²) in [6.45, 7) is 4.43. The van der Waals surface area contributed by atoms with Crippen molar-refractivity contribution >= 4 is 28.9 Å². The fraction of sp³-hybridized carbons (Fsp3) is 0.533. The van der Waals surface area contributed by atoms with Gasteiger partial charge >= 0.3 is 0 Å². The quantitative estimate of drug-likeness (QED) is 0.793. The van der Waals surface area contributed by atoms with E-state index in [1.54, 1.807) is 18.2 Å². The highest BCUT2D eigenvalue weighted by Gasteiger charge is 2.21. The largest absolute Gasteiger partial charge is 0.397 e. The summed E-state index contributed by atoms with van der Waals surface area (Å²) in [4.78, 5) is 14.2. The Kier molecular flexibility index (Phi) is 5.26. The highest BCUT2D eigenvalue weighted by atomic mass is 35.5. The zero-order chi connectivity index (χ0) is 14.5. The van der Waals surface area contributed by atoms with Gasteiger partial charge in [0.2, 0.25) is 5.91 Å². The zero-order valence-corrected chi connectivity index (χ0v) is 12.6. The summed E-state index contributed by atoms with van der Waals surface area (Å²) >= 11 is 5.86. The summed E-state index contributed by atoms with van der Waals surface area (Å²) in [6.07, 6.45) is 3.93. The Morgan fingerprint density at radius 3 is 2.80 bits per heavy atom. The Balaban J connectivity index is 1.84. The smallest absolute Gasteiger partial charge is 0.238 e. The van der Waals surface area contributed by atoms with Gasteiger partial charge in [0.1, 0.15) is 0 Å². The lowest BCUT2D eigenvalue weighted by molar-refractivity contribution is -0.117. The molecule has 0 radical (unpaired) electrons. The summed E-state index contributed by atoms with van der Waals surface area (Å²) in [7, 11) is 0. The summed E-state index contributed by atoms with van der Waals surface area (Å²) < 4.78 is 0. The van der Waals surface area contributed by atoms with Crippen molar-refractivity contribution in [1.82, 2.24) is 4.90 Å². The SMILES string of the molecule is CCN(CC(=O)Nc1ccc(Cl)c(N)c1)CC1CCC1. The van der Waals surface area contributed by atoms with Gasteiger partial charge in [-0.15, -0.1) is 0 Å². The first kappa shape index (κ1) is 15.1. The van der Waals surface area contributed by atoms with E-state index in [4.69, 9.17) is 17.3 Å². The molecular weight excluding hydrogens is 274 g/mol. The number of likely N-dealkylation sites (N-methyl/N-ethyl adjacent to an activating group) is 1. The van der Waals surface area contributed by atoms with E-state index in [9.17, 15) is 4.79 Å². The van der Waals surface area contributed by atoms with Gasteiger partial charge in [0.15, 0.2) is 0 Å². The van der Waals surface area contributed by atoms with Gasteiger partial charge in [-0.2, -0.15) is 0 Å². The highest BCUT2D eigenvalue weighted by molar-refractivity contribution is 6.33. The van der Waals surface area contributed by atoms with Crippen LogP contribution in [0.15, 0.2) is 18.2 Å². The van der Waals surface area contributed by atoms with Crippen molar-refractivity contribution in [3.63, 3.8) is 0 Å². The molecule has 0 bridgehead atoms. The first-order valence-electron chi connectivity index (χ1n) is 7.15. The van der Waals surface area contributed by atoms with Crippen LogP contribution in [0.3, 0.4) is 0 Å². The minimum Gasteiger partial charge on any atom is -0.397 e. The lowest BCUT2D eigenvalue weighted by atomic mass is 9.85. The Labute approximate surface area is 125 Å². The van der Waals surface area contributed by atoms with Crippen molar-refractivity contribution in [2.24, 2.45) is 5.92 Å². The maximum absolute atomic E-state index is 12.0. The van der Waals surface area contributed by atoms with Gasteiger partial charge in [-0.3, -0.25) is 9.69 Å². The molecule has 0 aliphatic heterocycles. The molecule has 1 saturated carbocycles. The first-order valence-corrected chi connectivity index (χ1v) is 7.53. The van der Waals surface area contributed by atoms with Crippen LogP contribution in [-0.2, 0) is 4.79 Å². The minimum absolute atomic E-state index is 0.00658. The molecular formula is C15H22ClN3O. The Hall–Kier alpha value is -1.26.